The van der Waals surface area contributed by atoms with Crippen molar-refractivity contribution in [3.05, 3.63) is 29.8 Å². The predicted molar refractivity (Wildman–Crippen MR) is 69.1 cm³/mol. The number of carboxylic acid groups (broad SMARTS) is 1. The number of aliphatic hydroxyl groups is 1. The quantitative estimate of drug-likeness (QED) is 0.745. The molecule has 2 atom stereocenters. The molecule has 1 aromatic rings. The third-order valence-electron chi connectivity index (χ3n) is 3.22. The number of hydrogen-bond donors (Lipinski definition) is 3. The first-order chi connectivity index (χ1) is 9.00. The molecule has 0 spiro atoms. The van der Waals surface area contributed by atoms with Gasteiger partial charge in [-0.3, -0.25) is 9.69 Å². The first kappa shape index (κ1) is 13.4. The van der Waals surface area contributed by atoms with Gasteiger partial charge in [-0.15, -0.1) is 0 Å². The number of hydrogen-bond acceptors (Lipinski definition) is 3. The summed E-state index contributed by atoms with van der Waals surface area (Å²) >= 11 is 0. The molecule has 0 bridgehead atoms. The Hall–Kier alpha value is -2.08. The summed E-state index contributed by atoms with van der Waals surface area (Å²) in [5, 5.41) is 21.9. The lowest BCUT2D eigenvalue weighted by molar-refractivity contribution is -0.119. The number of fused-ring (bicyclic) bond motifs is 1. The second-order valence-corrected chi connectivity index (χ2v) is 4.56. The maximum Gasteiger partial charge on any atom is 0.412 e. The number of carbonyl (C=O) groups excluding carboxylic acids is 1. The van der Waals surface area contributed by atoms with Crippen LogP contribution in [-0.4, -0.2) is 40.9 Å². The fraction of sp³-hybridized carbons (Fsp3) is 0.385. The highest BCUT2D eigenvalue weighted by atomic mass is 16.4. The number of anilines is 1. The molecule has 3 N–H and O–H groups in total. The van der Waals surface area contributed by atoms with Gasteiger partial charge in [-0.05, 0) is 18.1 Å². The maximum atomic E-state index is 11.3. The SMILES string of the molecule is CC(=O)NC[C@H](O)C1Cc2ccccc2N1C(=O)O. The number of nitrogens with one attached hydrogen (secondary N) is 1. The number of nitrogens with zero attached hydrogens (tertiary/aromatic N) is 1. The van der Waals surface area contributed by atoms with Crippen molar-refractivity contribution in [3.63, 3.8) is 0 Å². The first-order valence-corrected chi connectivity index (χ1v) is 6.03. The van der Waals surface area contributed by atoms with E-state index in [1.807, 2.05) is 12.1 Å². The van der Waals surface area contributed by atoms with Gasteiger partial charge in [0.2, 0.25) is 5.91 Å². The van der Waals surface area contributed by atoms with Crippen LogP contribution in [0.4, 0.5) is 10.5 Å². The molecule has 19 heavy (non-hydrogen) atoms. The molecule has 0 aromatic heterocycles. The van der Waals surface area contributed by atoms with E-state index in [4.69, 9.17) is 0 Å². The van der Waals surface area contributed by atoms with E-state index in [0.717, 1.165) is 5.56 Å². The molecule has 1 aliphatic heterocycles. The van der Waals surface area contributed by atoms with E-state index in [0.29, 0.717) is 12.1 Å². The molecule has 0 saturated heterocycles. The lowest BCUT2D eigenvalue weighted by atomic mass is 10.1. The van der Waals surface area contributed by atoms with Gasteiger partial charge in [0.05, 0.1) is 17.8 Å². The van der Waals surface area contributed by atoms with Crippen LogP contribution in [0.1, 0.15) is 12.5 Å². The molecule has 0 fully saturated rings. The summed E-state index contributed by atoms with van der Waals surface area (Å²) in [5.41, 5.74) is 1.48. The predicted octanol–water partition coefficient (Wildman–Crippen LogP) is 0.593. The van der Waals surface area contributed by atoms with Gasteiger partial charge >= 0.3 is 6.09 Å². The van der Waals surface area contributed by atoms with Gasteiger partial charge in [0.1, 0.15) is 0 Å². The van der Waals surface area contributed by atoms with Crippen molar-refractivity contribution in [1.29, 1.82) is 0 Å². The molecule has 2 rings (SSSR count). The molecule has 2 amide bonds. The van der Waals surface area contributed by atoms with E-state index >= 15 is 0 Å². The standard InChI is InChI=1S/C13H16N2O4/c1-8(16)14-7-12(17)11-6-9-4-2-3-5-10(9)15(11)13(18)19/h2-5,11-12,17H,6-7H2,1H3,(H,14,16)(H,18,19)/t11?,12-/m0/s1. The molecule has 0 saturated carbocycles. The van der Waals surface area contributed by atoms with Crippen molar-refractivity contribution in [1.82, 2.24) is 5.32 Å². The van der Waals surface area contributed by atoms with Crippen LogP contribution < -0.4 is 10.2 Å². The van der Waals surface area contributed by atoms with E-state index in [1.165, 1.54) is 11.8 Å². The molecule has 1 heterocycles. The molecular weight excluding hydrogens is 248 g/mol. The molecule has 102 valence electrons. The van der Waals surface area contributed by atoms with E-state index in [2.05, 4.69) is 5.32 Å². The van der Waals surface area contributed by atoms with Crippen molar-refractivity contribution >= 4 is 17.7 Å². The largest absolute Gasteiger partial charge is 0.465 e. The molecule has 1 unspecified atom stereocenters. The van der Waals surface area contributed by atoms with E-state index in [1.54, 1.807) is 12.1 Å². The minimum absolute atomic E-state index is 0.0395. The van der Waals surface area contributed by atoms with Gasteiger partial charge in [-0.1, -0.05) is 18.2 Å². The number of amides is 2. The third-order valence-corrected chi connectivity index (χ3v) is 3.22. The summed E-state index contributed by atoms with van der Waals surface area (Å²) in [6.45, 7) is 1.39. The van der Waals surface area contributed by atoms with E-state index in [9.17, 15) is 19.8 Å². The fourth-order valence-electron chi connectivity index (χ4n) is 2.35. The average molecular weight is 264 g/mol. The monoisotopic (exact) mass is 264 g/mol. The lowest BCUT2D eigenvalue weighted by Gasteiger charge is -2.26. The normalized spacial score (nSPS) is 18.8. The van der Waals surface area contributed by atoms with E-state index < -0.39 is 18.2 Å². The Morgan fingerprint density at radius 1 is 1.47 bits per heavy atom. The van der Waals surface area contributed by atoms with Crippen LogP contribution in [0.5, 0.6) is 0 Å². The van der Waals surface area contributed by atoms with Gasteiger partial charge in [0, 0.05) is 13.5 Å². The minimum Gasteiger partial charge on any atom is -0.465 e. The van der Waals surface area contributed by atoms with Crippen molar-refractivity contribution in [2.75, 3.05) is 11.4 Å². The molecule has 6 heteroatoms. The van der Waals surface area contributed by atoms with Crippen LogP contribution in [0.25, 0.3) is 0 Å². The van der Waals surface area contributed by atoms with Crippen molar-refractivity contribution in [3.8, 4) is 0 Å². The number of aliphatic hydroxyl groups excluding tert-OH is 1. The van der Waals surface area contributed by atoms with Crippen LogP contribution in [-0.2, 0) is 11.2 Å². The Kier molecular flexibility index (Phi) is 3.71. The number of carbonyl (C=O) groups is 2. The lowest BCUT2D eigenvalue weighted by Crippen LogP contribution is -2.48. The van der Waals surface area contributed by atoms with Crippen molar-refractivity contribution in [2.45, 2.75) is 25.5 Å². The average Bonchev–Trinajstić information content (AvgIpc) is 2.75. The molecule has 0 radical (unpaired) electrons. The molecule has 6 nitrogen and oxygen atoms in total. The second-order valence-electron chi connectivity index (χ2n) is 4.56. The van der Waals surface area contributed by atoms with Gasteiger partial charge in [0.15, 0.2) is 0 Å². The summed E-state index contributed by atoms with van der Waals surface area (Å²) in [6, 6.07) is 6.59. The summed E-state index contributed by atoms with van der Waals surface area (Å²) in [4.78, 5) is 23.4. The highest BCUT2D eigenvalue weighted by Crippen LogP contribution is 2.33. The fourth-order valence-corrected chi connectivity index (χ4v) is 2.35. The molecular formula is C13H16N2O4. The molecule has 1 aromatic carbocycles. The Labute approximate surface area is 110 Å². The molecule has 0 aliphatic carbocycles. The highest BCUT2D eigenvalue weighted by molar-refractivity contribution is 5.90. The first-order valence-electron chi connectivity index (χ1n) is 6.03. The van der Waals surface area contributed by atoms with Gasteiger partial charge < -0.3 is 15.5 Å². The third kappa shape index (κ3) is 2.68. The van der Waals surface area contributed by atoms with Crippen molar-refractivity contribution < 1.29 is 19.8 Å². The van der Waals surface area contributed by atoms with Gasteiger partial charge in [-0.2, -0.15) is 0 Å². The van der Waals surface area contributed by atoms with Crippen LogP contribution in [0.15, 0.2) is 24.3 Å². The Morgan fingerprint density at radius 2 is 2.16 bits per heavy atom. The number of para-hydroxylation sites is 1. The smallest absolute Gasteiger partial charge is 0.412 e. The zero-order chi connectivity index (χ0) is 14.0. The summed E-state index contributed by atoms with van der Waals surface area (Å²) in [6.07, 6.45) is -1.59. The summed E-state index contributed by atoms with van der Waals surface area (Å²) < 4.78 is 0. The highest BCUT2D eigenvalue weighted by Gasteiger charge is 2.37. The van der Waals surface area contributed by atoms with E-state index in [-0.39, 0.29) is 12.5 Å². The topological polar surface area (TPSA) is 89.9 Å². The van der Waals surface area contributed by atoms with Crippen molar-refractivity contribution in [2.24, 2.45) is 0 Å². The maximum absolute atomic E-state index is 11.3. The zero-order valence-corrected chi connectivity index (χ0v) is 10.5. The van der Waals surface area contributed by atoms with Gasteiger partial charge in [-0.25, -0.2) is 4.79 Å². The second kappa shape index (κ2) is 5.27. The Morgan fingerprint density at radius 3 is 2.79 bits per heavy atom. The Bertz CT molecular complexity index is 503. The van der Waals surface area contributed by atoms with Crippen LogP contribution in [0, 0.1) is 0 Å². The van der Waals surface area contributed by atoms with Crippen LogP contribution in [0.3, 0.4) is 0 Å². The van der Waals surface area contributed by atoms with Crippen LogP contribution in [0.2, 0.25) is 0 Å². The zero-order valence-electron chi connectivity index (χ0n) is 10.5. The Balaban J connectivity index is 2.18. The summed E-state index contributed by atoms with van der Waals surface area (Å²) in [5.74, 6) is -0.253. The summed E-state index contributed by atoms with van der Waals surface area (Å²) in [7, 11) is 0. The number of rotatable bonds is 3. The number of benzene rings is 1. The van der Waals surface area contributed by atoms with Gasteiger partial charge in [0.25, 0.3) is 0 Å². The minimum atomic E-state index is -1.10. The van der Waals surface area contributed by atoms with Crippen LogP contribution >= 0.6 is 0 Å². The molecule has 1 aliphatic rings.